The quantitative estimate of drug-likeness (QED) is 0.248. The summed E-state index contributed by atoms with van der Waals surface area (Å²) in [6.45, 7) is 10.4. The van der Waals surface area contributed by atoms with E-state index in [1.807, 2.05) is 70.2 Å². The monoisotopic (exact) mass is 657 g/mol. The molecule has 1 aliphatic heterocycles. The van der Waals surface area contributed by atoms with E-state index in [2.05, 4.69) is 25.4 Å². The van der Waals surface area contributed by atoms with Crippen molar-refractivity contribution in [2.45, 2.75) is 46.3 Å². The van der Waals surface area contributed by atoms with Crippen molar-refractivity contribution in [3.8, 4) is 22.1 Å². The van der Waals surface area contributed by atoms with E-state index in [9.17, 15) is 14.4 Å². The molecule has 0 saturated carbocycles. The van der Waals surface area contributed by atoms with Crippen LogP contribution in [0.15, 0.2) is 66.3 Å². The molecule has 2 aromatic carbocycles. The Balaban J connectivity index is 1.48. The molecule has 4 aromatic rings. The topological polar surface area (TPSA) is 130 Å². The van der Waals surface area contributed by atoms with Crippen LogP contribution in [0, 0.1) is 6.92 Å². The number of aromatic nitrogens is 3. The van der Waals surface area contributed by atoms with E-state index in [1.54, 1.807) is 40.7 Å². The summed E-state index contributed by atoms with van der Waals surface area (Å²) in [4.78, 5) is 49.1. The first kappa shape index (κ1) is 33.3. The van der Waals surface area contributed by atoms with Crippen LogP contribution >= 0.6 is 11.3 Å². The highest BCUT2D eigenvalue weighted by Crippen LogP contribution is 2.39. The van der Waals surface area contributed by atoms with Crippen LogP contribution < -0.4 is 15.0 Å². The molecule has 1 N–H and O–H groups in total. The number of piperazine rings is 1. The largest absolute Gasteiger partial charge is 0.457 e. The second kappa shape index (κ2) is 14.2. The number of nitrogens with one attached hydrogen (secondary N) is 1. The van der Waals surface area contributed by atoms with Gasteiger partial charge in [-0.05, 0) is 58.0 Å². The first-order valence-corrected chi connectivity index (χ1v) is 16.1. The van der Waals surface area contributed by atoms with Crippen LogP contribution in [0.2, 0.25) is 0 Å². The Hall–Kier alpha value is -5.04. The van der Waals surface area contributed by atoms with Gasteiger partial charge < -0.3 is 24.6 Å². The number of thiazole rings is 1. The van der Waals surface area contributed by atoms with Crippen LogP contribution in [0.1, 0.15) is 43.7 Å². The van der Waals surface area contributed by atoms with Crippen molar-refractivity contribution in [3.63, 3.8) is 0 Å². The smallest absolute Gasteiger partial charge is 0.410 e. The second-order valence-electron chi connectivity index (χ2n) is 12.3. The van der Waals surface area contributed by atoms with Gasteiger partial charge in [0.2, 0.25) is 5.91 Å². The van der Waals surface area contributed by atoms with Gasteiger partial charge >= 0.3 is 6.09 Å². The Bertz CT molecular complexity index is 1730. The standard InChI is InChI=1S/C34H39N7O5S/c1-22-29(45-26-10-8-7-9-11-26)13-12-27(37-31(43)28-21-47-32(38-28)24-14-15-35-36-18-24)30(22)40-16-17-41(33(44)46-34(3,4)5)25(20-40)19-39(6)23(2)42/h7-15,18,21,25H,16-17,19-20H2,1-6H3,(H,37,43)/t25-/m0/s1. The molecule has 5 rings (SSSR count). The van der Waals surface area contributed by atoms with Gasteiger partial charge in [-0.15, -0.1) is 11.3 Å². The number of hydrogen-bond donors (Lipinski definition) is 1. The van der Waals surface area contributed by atoms with Crippen molar-refractivity contribution in [2.75, 3.05) is 43.4 Å². The van der Waals surface area contributed by atoms with E-state index in [1.165, 1.54) is 18.3 Å². The number of rotatable bonds is 8. The molecule has 0 bridgehead atoms. The third-order valence-electron chi connectivity index (χ3n) is 7.62. The number of nitrogens with zero attached hydrogens (tertiary/aromatic N) is 6. The predicted octanol–water partition coefficient (Wildman–Crippen LogP) is 5.86. The molecule has 246 valence electrons. The van der Waals surface area contributed by atoms with Crippen LogP contribution in [-0.2, 0) is 9.53 Å². The van der Waals surface area contributed by atoms with Crippen molar-refractivity contribution in [1.82, 2.24) is 25.0 Å². The van der Waals surface area contributed by atoms with Crippen molar-refractivity contribution in [3.05, 3.63) is 77.6 Å². The molecule has 0 spiro atoms. The maximum Gasteiger partial charge on any atom is 0.410 e. The van der Waals surface area contributed by atoms with E-state index in [0.29, 0.717) is 48.4 Å². The minimum atomic E-state index is -0.675. The zero-order chi connectivity index (χ0) is 33.7. The molecular weight excluding hydrogens is 618 g/mol. The number of hydrogen-bond acceptors (Lipinski definition) is 10. The number of para-hydroxylation sites is 1. The summed E-state index contributed by atoms with van der Waals surface area (Å²) in [7, 11) is 1.71. The van der Waals surface area contributed by atoms with Crippen LogP contribution in [0.5, 0.6) is 11.5 Å². The number of benzene rings is 2. The third kappa shape index (κ3) is 8.22. The number of ether oxygens (including phenoxy) is 2. The minimum absolute atomic E-state index is 0.112. The van der Waals surface area contributed by atoms with Gasteiger partial charge in [0.05, 0.1) is 29.8 Å². The molecule has 0 radical (unpaired) electrons. The summed E-state index contributed by atoms with van der Waals surface area (Å²) in [5.41, 5.74) is 2.49. The van der Waals surface area contributed by atoms with E-state index in [-0.39, 0.29) is 23.6 Å². The summed E-state index contributed by atoms with van der Waals surface area (Å²) in [5, 5.41) is 13.1. The maximum atomic E-state index is 13.6. The van der Waals surface area contributed by atoms with Gasteiger partial charge in [0.1, 0.15) is 27.8 Å². The second-order valence-corrected chi connectivity index (χ2v) is 13.2. The summed E-state index contributed by atoms with van der Waals surface area (Å²) < 4.78 is 12.0. The van der Waals surface area contributed by atoms with E-state index in [4.69, 9.17) is 9.47 Å². The molecule has 2 aromatic heterocycles. The third-order valence-corrected chi connectivity index (χ3v) is 8.51. The van der Waals surface area contributed by atoms with Gasteiger partial charge in [0, 0.05) is 56.7 Å². The van der Waals surface area contributed by atoms with Gasteiger partial charge in [0.25, 0.3) is 5.91 Å². The van der Waals surface area contributed by atoms with Crippen LogP contribution in [0.25, 0.3) is 10.6 Å². The van der Waals surface area contributed by atoms with E-state index >= 15 is 0 Å². The lowest BCUT2D eigenvalue weighted by Gasteiger charge is -2.44. The highest BCUT2D eigenvalue weighted by atomic mass is 32.1. The Labute approximate surface area is 278 Å². The Morgan fingerprint density at radius 1 is 1.06 bits per heavy atom. The molecule has 13 heteroatoms. The zero-order valence-electron chi connectivity index (χ0n) is 27.4. The Morgan fingerprint density at radius 2 is 1.83 bits per heavy atom. The van der Waals surface area contributed by atoms with Gasteiger partial charge in [-0.1, -0.05) is 18.2 Å². The van der Waals surface area contributed by atoms with Crippen molar-refractivity contribution in [1.29, 1.82) is 0 Å². The molecule has 1 atom stereocenters. The molecule has 12 nitrogen and oxygen atoms in total. The highest BCUT2D eigenvalue weighted by Gasteiger charge is 2.36. The highest BCUT2D eigenvalue weighted by molar-refractivity contribution is 7.13. The molecule has 3 amide bonds. The number of carbonyl (C=O) groups is 3. The van der Waals surface area contributed by atoms with Crippen LogP contribution in [-0.4, -0.2) is 87.8 Å². The molecule has 0 unspecified atom stereocenters. The van der Waals surface area contributed by atoms with Crippen molar-refractivity contribution in [2.24, 2.45) is 0 Å². The fourth-order valence-corrected chi connectivity index (χ4v) is 6.04. The van der Waals surface area contributed by atoms with Crippen molar-refractivity contribution >= 4 is 40.6 Å². The fraction of sp³-hybridized carbons (Fsp3) is 0.353. The zero-order valence-corrected chi connectivity index (χ0v) is 28.2. The maximum absolute atomic E-state index is 13.6. The Morgan fingerprint density at radius 3 is 2.51 bits per heavy atom. The lowest BCUT2D eigenvalue weighted by Crippen LogP contribution is -2.59. The molecule has 1 saturated heterocycles. The summed E-state index contributed by atoms with van der Waals surface area (Å²) >= 11 is 1.34. The number of carbonyl (C=O) groups excluding carboxylic acids is 3. The number of likely N-dealkylation sites (N-methyl/N-ethyl adjacent to an activating group) is 1. The van der Waals surface area contributed by atoms with Gasteiger partial charge in [-0.25, -0.2) is 9.78 Å². The van der Waals surface area contributed by atoms with Crippen LogP contribution in [0.3, 0.4) is 0 Å². The fourth-order valence-electron chi connectivity index (χ4n) is 5.25. The lowest BCUT2D eigenvalue weighted by molar-refractivity contribution is -0.128. The molecule has 1 aliphatic rings. The van der Waals surface area contributed by atoms with Gasteiger partial charge in [0.15, 0.2) is 0 Å². The first-order chi connectivity index (χ1) is 22.4. The van der Waals surface area contributed by atoms with E-state index < -0.39 is 11.7 Å². The minimum Gasteiger partial charge on any atom is -0.457 e. The molecule has 3 heterocycles. The van der Waals surface area contributed by atoms with E-state index in [0.717, 1.165) is 16.8 Å². The molecule has 1 fully saturated rings. The molecular formula is C34H39N7O5S. The van der Waals surface area contributed by atoms with Crippen molar-refractivity contribution < 1.29 is 23.9 Å². The SMILES string of the molecule is CC(=O)N(C)C[C@H]1CN(c2c(NC(=O)c3csc(-c4ccnnc4)n3)ccc(Oc3ccccc3)c2C)CCN1C(=O)OC(C)(C)C. The number of amides is 3. The Kier molecular flexibility index (Phi) is 10.0. The normalized spacial score (nSPS) is 14.8. The summed E-state index contributed by atoms with van der Waals surface area (Å²) in [6, 6.07) is 14.5. The average molecular weight is 658 g/mol. The molecule has 0 aliphatic carbocycles. The average Bonchev–Trinajstić information content (AvgIpc) is 3.53. The first-order valence-electron chi connectivity index (χ1n) is 15.3. The van der Waals surface area contributed by atoms with Crippen LogP contribution in [0.4, 0.5) is 16.2 Å². The molecule has 47 heavy (non-hydrogen) atoms. The predicted molar refractivity (Wildman–Crippen MR) is 181 cm³/mol. The summed E-state index contributed by atoms with van der Waals surface area (Å²) in [5.74, 6) is 0.818. The number of anilines is 2. The summed E-state index contributed by atoms with van der Waals surface area (Å²) in [6.07, 6.45) is 2.74. The van der Waals surface area contributed by atoms with Gasteiger partial charge in [-0.2, -0.15) is 10.2 Å². The van der Waals surface area contributed by atoms with Gasteiger partial charge in [-0.3, -0.25) is 14.5 Å². The lowest BCUT2D eigenvalue weighted by atomic mass is 10.1.